The van der Waals surface area contributed by atoms with Gasteiger partial charge in [-0.15, -0.1) is 0 Å². The first-order valence-corrected chi connectivity index (χ1v) is 7.23. The van der Waals surface area contributed by atoms with Crippen LogP contribution in [0.5, 0.6) is 11.5 Å². The highest BCUT2D eigenvalue weighted by atomic mass is 16.7. The third-order valence-electron chi connectivity index (χ3n) is 3.28. The van der Waals surface area contributed by atoms with Crippen LogP contribution in [0.3, 0.4) is 0 Å². The van der Waals surface area contributed by atoms with E-state index >= 15 is 0 Å². The minimum Gasteiger partial charge on any atom is -0.454 e. The van der Waals surface area contributed by atoms with Crippen LogP contribution in [0.2, 0.25) is 0 Å². The lowest BCUT2D eigenvalue weighted by atomic mass is 10.1. The molecule has 1 aromatic rings. The maximum absolute atomic E-state index is 12.1. The van der Waals surface area contributed by atoms with Crippen LogP contribution < -0.4 is 14.8 Å². The lowest BCUT2D eigenvalue weighted by Crippen LogP contribution is -2.38. The number of rotatable bonds is 5. The Balaban J connectivity index is 1.83. The molecule has 0 bridgehead atoms. The van der Waals surface area contributed by atoms with Gasteiger partial charge in [0.05, 0.1) is 0 Å². The van der Waals surface area contributed by atoms with E-state index in [4.69, 9.17) is 9.47 Å². The van der Waals surface area contributed by atoms with Gasteiger partial charge in [-0.2, -0.15) is 0 Å². The van der Waals surface area contributed by atoms with Gasteiger partial charge in [0.1, 0.15) is 0 Å². The fourth-order valence-electron chi connectivity index (χ4n) is 2.14. The van der Waals surface area contributed by atoms with Crippen molar-refractivity contribution in [2.45, 2.75) is 39.3 Å². The summed E-state index contributed by atoms with van der Waals surface area (Å²) in [6.07, 6.45) is 0.498. The van der Waals surface area contributed by atoms with Crippen LogP contribution in [0, 0.1) is 0 Å². The van der Waals surface area contributed by atoms with Crippen LogP contribution in [0.25, 0.3) is 0 Å². The van der Waals surface area contributed by atoms with E-state index in [2.05, 4.69) is 26.1 Å². The standard InChI is InChI=1S/C16H24N2O3/c1-16(2,3)17-8-7-15(19)18(4)10-12-5-6-13-14(9-12)21-11-20-13/h5-6,9,17H,7-8,10-11H2,1-4H3. The van der Waals surface area contributed by atoms with E-state index in [1.54, 1.807) is 4.90 Å². The first kappa shape index (κ1) is 15.6. The smallest absolute Gasteiger partial charge is 0.231 e. The van der Waals surface area contributed by atoms with Gasteiger partial charge in [-0.1, -0.05) is 6.07 Å². The normalized spacial score (nSPS) is 13.3. The summed E-state index contributed by atoms with van der Waals surface area (Å²) in [5.41, 5.74) is 1.08. The number of nitrogens with one attached hydrogen (secondary N) is 1. The summed E-state index contributed by atoms with van der Waals surface area (Å²) in [6.45, 7) is 7.81. The van der Waals surface area contributed by atoms with Crippen molar-refractivity contribution >= 4 is 5.91 Å². The molecule has 1 aliphatic rings. The van der Waals surface area contributed by atoms with Crippen molar-refractivity contribution in [3.05, 3.63) is 23.8 Å². The number of carbonyl (C=O) groups excluding carboxylic acids is 1. The van der Waals surface area contributed by atoms with Gasteiger partial charge in [0, 0.05) is 32.1 Å². The Labute approximate surface area is 126 Å². The van der Waals surface area contributed by atoms with Gasteiger partial charge in [-0.25, -0.2) is 0 Å². The number of ether oxygens (including phenoxy) is 2. The summed E-state index contributed by atoms with van der Waals surface area (Å²) >= 11 is 0. The molecular formula is C16H24N2O3. The van der Waals surface area contributed by atoms with Gasteiger partial charge >= 0.3 is 0 Å². The third-order valence-corrected chi connectivity index (χ3v) is 3.28. The Bertz CT molecular complexity index is 509. The monoisotopic (exact) mass is 292 g/mol. The number of hydrogen-bond donors (Lipinski definition) is 1. The zero-order valence-corrected chi connectivity index (χ0v) is 13.2. The molecule has 5 nitrogen and oxygen atoms in total. The van der Waals surface area contributed by atoms with Crippen LogP contribution in [0.1, 0.15) is 32.8 Å². The second-order valence-electron chi connectivity index (χ2n) is 6.36. The highest BCUT2D eigenvalue weighted by Gasteiger charge is 2.16. The van der Waals surface area contributed by atoms with Crippen molar-refractivity contribution in [3.63, 3.8) is 0 Å². The molecule has 0 radical (unpaired) electrons. The van der Waals surface area contributed by atoms with Crippen LogP contribution >= 0.6 is 0 Å². The van der Waals surface area contributed by atoms with E-state index in [1.807, 2.05) is 25.2 Å². The first-order valence-electron chi connectivity index (χ1n) is 7.23. The highest BCUT2D eigenvalue weighted by molar-refractivity contribution is 5.76. The van der Waals surface area contributed by atoms with Crippen molar-refractivity contribution in [1.82, 2.24) is 10.2 Å². The quantitative estimate of drug-likeness (QED) is 0.903. The Morgan fingerprint density at radius 3 is 2.71 bits per heavy atom. The average molecular weight is 292 g/mol. The van der Waals surface area contributed by atoms with Gasteiger partial charge in [0.15, 0.2) is 11.5 Å². The average Bonchev–Trinajstić information content (AvgIpc) is 2.84. The summed E-state index contributed by atoms with van der Waals surface area (Å²) in [5, 5.41) is 3.32. The number of hydrogen-bond acceptors (Lipinski definition) is 4. The molecule has 2 rings (SSSR count). The first-order chi connectivity index (χ1) is 9.85. The molecule has 1 amide bonds. The van der Waals surface area contributed by atoms with Crippen LogP contribution in [0.4, 0.5) is 0 Å². The van der Waals surface area contributed by atoms with Gasteiger partial charge in [0.2, 0.25) is 12.7 Å². The van der Waals surface area contributed by atoms with Crippen molar-refractivity contribution in [1.29, 1.82) is 0 Å². The predicted octanol–water partition coefficient (Wildman–Crippen LogP) is 2.15. The maximum Gasteiger partial charge on any atom is 0.231 e. The summed E-state index contributed by atoms with van der Waals surface area (Å²) < 4.78 is 10.6. The van der Waals surface area contributed by atoms with E-state index in [0.29, 0.717) is 19.5 Å². The molecule has 21 heavy (non-hydrogen) atoms. The van der Waals surface area contributed by atoms with Crippen LogP contribution in [-0.4, -0.2) is 36.7 Å². The van der Waals surface area contributed by atoms with Crippen molar-refractivity contribution in [2.24, 2.45) is 0 Å². The Hall–Kier alpha value is -1.75. The van der Waals surface area contributed by atoms with E-state index in [0.717, 1.165) is 17.1 Å². The molecule has 0 saturated carbocycles. The molecule has 0 aromatic heterocycles. The lowest BCUT2D eigenvalue weighted by Gasteiger charge is -2.22. The van der Waals surface area contributed by atoms with Gasteiger partial charge in [0.25, 0.3) is 0 Å². The van der Waals surface area contributed by atoms with Crippen LogP contribution in [0.15, 0.2) is 18.2 Å². The van der Waals surface area contributed by atoms with E-state index < -0.39 is 0 Å². The Kier molecular flexibility index (Phi) is 4.73. The van der Waals surface area contributed by atoms with E-state index in [-0.39, 0.29) is 18.2 Å². The SMILES string of the molecule is CN(Cc1ccc2c(c1)OCO2)C(=O)CCNC(C)(C)C. The molecule has 0 spiro atoms. The topological polar surface area (TPSA) is 50.8 Å². The number of nitrogens with zero attached hydrogens (tertiary/aromatic N) is 1. The van der Waals surface area contributed by atoms with Gasteiger partial charge < -0.3 is 19.7 Å². The minimum atomic E-state index is 0.0379. The number of amides is 1. The van der Waals surface area contributed by atoms with E-state index in [9.17, 15) is 4.79 Å². The summed E-state index contributed by atoms with van der Waals surface area (Å²) in [4.78, 5) is 13.8. The van der Waals surface area contributed by atoms with Crippen molar-refractivity contribution < 1.29 is 14.3 Å². The molecule has 0 fully saturated rings. The zero-order chi connectivity index (χ0) is 15.5. The summed E-state index contributed by atoms with van der Waals surface area (Å²) in [5.74, 6) is 1.65. The number of benzene rings is 1. The molecular weight excluding hydrogens is 268 g/mol. The fourth-order valence-corrected chi connectivity index (χ4v) is 2.14. The third kappa shape index (κ3) is 4.63. The minimum absolute atomic E-state index is 0.0379. The van der Waals surface area contributed by atoms with E-state index in [1.165, 1.54) is 0 Å². The highest BCUT2D eigenvalue weighted by Crippen LogP contribution is 2.32. The molecule has 0 aliphatic carbocycles. The molecule has 1 heterocycles. The lowest BCUT2D eigenvalue weighted by molar-refractivity contribution is -0.130. The van der Waals surface area contributed by atoms with Crippen molar-refractivity contribution in [2.75, 3.05) is 20.4 Å². The van der Waals surface area contributed by atoms with Crippen LogP contribution in [-0.2, 0) is 11.3 Å². The van der Waals surface area contributed by atoms with Crippen molar-refractivity contribution in [3.8, 4) is 11.5 Å². The second-order valence-corrected chi connectivity index (χ2v) is 6.36. The molecule has 116 valence electrons. The Morgan fingerprint density at radius 1 is 1.29 bits per heavy atom. The second kappa shape index (κ2) is 6.35. The molecule has 0 unspecified atom stereocenters. The fraction of sp³-hybridized carbons (Fsp3) is 0.562. The molecule has 0 atom stereocenters. The van der Waals surface area contributed by atoms with Gasteiger partial charge in [-0.05, 0) is 38.5 Å². The largest absolute Gasteiger partial charge is 0.454 e. The van der Waals surface area contributed by atoms with Gasteiger partial charge in [-0.3, -0.25) is 4.79 Å². The Morgan fingerprint density at radius 2 is 2.00 bits per heavy atom. The molecule has 5 heteroatoms. The summed E-state index contributed by atoms with van der Waals surface area (Å²) in [7, 11) is 1.82. The molecule has 1 aromatic carbocycles. The zero-order valence-electron chi connectivity index (χ0n) is 13.2. The maximum atomic E-state index is 12.1. The molecule has 0 saturated heterocycles. The molecule has 1 N–H and O–H groups in total. The summed E-state index contributed by atoms with van der Waals surface area (Å²) in [6, 6.07) is 5.78. The predicted molar refractivity (Wildman–Crippen MR) is 81.4 cm³/mol. The number of carbonyl (C=O) groups is 1. The molecule has 1 aliphatic heterocycles. The number of fused-ring (bicyclic) bond motifs is 1.